The smallest absolute Gasteiger partial charge is 0.115 e. The molecule has 2 rings (SSSR count). The molecule has 1 aliphatic heterocycles. The highest BCUT2D eigenvalue weighted by Crippen LogP contribution is 2.13. The van der Waals surface area contributed by atoms with Crippen molar-refractivity contribution in [3.8, 4) is 0 Å². The number of nitrogens with zero attached hydrogens (tertiary/aromatic N) is 3. The molecule has 11 heavy (non-hydrogen) atoms. The second-order valence-electron chi connectivity index (χ2n) is 2.80. The van der Waals surface area contributed by atoms with Crippen LogP contribution in [0.2, 0.25) is 0 Å². The first-order valence-electron chi connectivity index (χ1n) is 3.69. The highest BCUT2D eigenvalue weighted by molar-refractivity contribution is 5.18. The molecule has 1 aromatic rings. The molecule has 0 saturated heterocycles. The van der Waals surface area contributed by atoms with Gasteiger partial charge in [-0.3, -0.25) is 7.05 Å². The highest BCUT2D eigenvalue weighted by Gasteiger charge is 2.09. The summed E-state index contributed by atoms with van der Waals surface area (Å²) in [5, 5.41) is 0. The summed E-state index contributed by atoms with van der Waals surface area (Å²) < 4.78 is 0. The minimum absolute atomic E-state index is 0.885. The second-order valence-corrected chi connectivity index (χ2v) is 2.80. The van der Waals surface area contributed by atoms with Crippen molar-refractivity contribution in [2.75, 3.05) is 6.54 Å². The topological polar surface area (TPSA) is 29.0 Å². The Morgan fingerprint density at radius 3 is 3.36 bits per heavy atom. The van der Waals surface area contributed by atoms with Crippen LogP contribution in [-0.4, -0.2) is 21.4 Å². The van der Waals surface area contributed by atoms with Crippen LogP contribution in [0.1, 0.15) is 11.3 Å². The van der Waals surface area contributed by atoms with Crippen LogP contribution >= 0.6 is 0 Å². The van der Waals surface area contributed by atoms with Gasteiger partial charge in [-0.05, 0) is 13.1 Å². The van der Waals surface area contributed by atoms with Gasteiger partial charge in [0.15, 0.2) is 0 Å². The average molecular weight is 148 g/mol. The van der Waals surface area contributed by atoms with Crippen molar-refractivity contribution >= 4 is 0 Å². The molecular formula is C8H10N3-. The Labute approximate surface area is 66.1 Å². The fourth-order valence-corrected chi connectivity index (χ4v) is 1.32. The molecule has 0 radical (unpaired) electrons. The van der Waals surface area contributed by atoms with E-state index in [2.05, 4.69) is 17.0 Å². The molecule has 0 atom stereocenters. The molecule has 0 amide bonds. The Morgan fingerprint density at radius 2 is 2.45 bits per heavy atom. The summed E-state index contributed by atoms with van der Waals surface area (Å²) in [6.07, 6.45) is 4.48. The molecule has 0 aliphatic carbocycles. The molecule has 3 heteroatoms. The van der Waals surface area contributed by atoms with E-state index in [9.17, 15) is 0 Å². The lowest BCUT2D eigenvalue weighted by Crippen LogP contribution is -2.25. The minimum Gasteiger partial charge on any atom is -0.455 e. The number of hydrogen-bond donors (Lipinski definition) is 0. The zero-order chi connectivity index (χ0) is 7.68. The Kier molecular flexibility index (Phi) is 1.58. The number of hydrogen-bond acceptors (Lipinski definition) is 3. The minimum atomic E-state index is 0.885. The van der Waals surface area contributed by atoms with Crippen molar-refractivity contribution in [2.45, 2.75) is 13.0 Å². The van der Waals surface area contributed by atoms with Crippen molar-refractivity contribution in [2.24, 2.45) is 0 Å². The summed E-state index contributed by atoms with van der Waals surface area (Å²) in [7, 11) is 3.87. The van der Waals surface area contributed by atoms with E-state index in [4.69, 9.17) is 0 Å². The van der Waals surface area contributed by atoms with Gasteiger partial charge in [0.2, 0.25) is 0 Å². The fourth-order valence-electron chi connectivity index (χ4n) is 1.32. The Morgan fingerprint density at radius 1 is 1.55 bits per heavy atom. The summed E-state index contributed by atoms with van der Waals surface area (Å²) >= 11 is 0. The second kappa shape index (κ2) is 2.58. The van der Waals surface area contributed by atoms with E-state index in [1.807, 2.05) is 11.1 Å². The third-order valence-corrected chi connectivity index (χ3v) is 1.94. The van der Waals surface area contributed by atoms with Crippen molar-refractivity contribution in [3.05, 3.63) is 30.8 Å². The van der Waals surface area contributed by atoms with Gasteiger partial charge in [-0.2, -0.15) is 0 Å². The van der Waals surface area contributed by atoms with Gasteiger partial charge in [0.25, 0.3) is 0 Å². The van der Waals surface area contributed by atoms with E-state index in [0.29, 0.717) is 0 Å². The zero-order valence-corrected chi connectivity index (χ0v) is 6.32. The van der Waals surface area contributed by atoms with Crippen LogP contribution < -0.4 is 0 Å². The summed E-state index contributed by atoms with van der Waals surface area (Å²) in [5.41, 5.74) is 2.40. The molecule has 58 valence electrons. The van der Waals surface area contributed by atoms with Crippen LogP contribution in [0.4, 0.5) is 0 Å². The van der Waals surface area contributed by atoms with E-state index in [0.717, 1.165) is 19.5 Å². The van der Waals surface area contributed by atoms with Gasteiger partial charge in [-0.1, -0.05) is 0 Å². The molecule has 3 nitrogen and oxygen atoms in total. The van der Waals surface area contributed by atoms with Crippen LogP contribution in [-0.2, 0) is 13.0 Å². The van der Waals surface area contributed by atoms with Gasteiger partial charge in [0.05, 0.1) is 0 Å². The van der Waals surface area contributed by atoms with Crippen molar-refractivity contribution < 1.29 is 0 Å². The first-order chi connectivity index (χ1) is 5.36. The highest BCUT2D eigenvalue weighted by atomic mass is 15.1. The SMILES string of the molecule is [CH2-]N1CCc2ncncc2C1. The first-order valence-corrected chi connectivity index (χ1v) is 3.69. The number of fused-ring (bicyclic) bond motifs is 1. The van der Waals surface area contributed by atoms with E-state index in [1.54, 1.807) is 6.33 Å². The molecule has 0 N–H and O–H groups in total. The molecule has 0 saturated carbocycles. The van der Waals surface area contributed by atoms with Gasteiger partial charge in [-0.25, -0.2) is 9.97 Å². The molecule has 0 spiro atoms. The summed E-state index contributed by atoms with van der Waals surface area (Å²) in [5.74, 6) is 0. The van der Waals surface area contributed by atoms with Gasteiger partial charge in [0, 0.05) is 23.9 Å². The molecule has 2 heterocycles. The van der Waals surface area contributed by atoms with Crippen molar-refractivity contribution in [1.29, 1.82) is 0 Å². The quantitative estimate of drug-likeness (QED) is 0.505. The summed E-state index contributed by atoms with van der Waals surface area (Å²) in [4.78, 5) is 10.2. The molecule has 1 aromatic heterocycles. The predicted molar refractivity (Wildman–Crippen MR) is 41.5 cm³/mol. The first kappa shape index (κ1) is 6.73. The molecule has 0 fully saturated rings. The van der Waals surface area contributed by atoms with Crippen LogP contribution in [0.3, 0.4) is 0 Å². The Balaban J connectivity index is 2.34. The van der Waals surface area contributed by atoms with E-state index in [-0.39, 0.29) is 0 Å². The van der Waals surface area contributed by atoms with Gasteiger partial charge < -0.3 is 4.90 Å². The standard InChI is InChI=1S/C8H10N3/c1-11-3-2-8-7(5-11)4-9-6-10-8/h4,6H,1-3,5H2/q-1. The van der Waals surface area contributed by atoms with E-state index < -0.39 is 0 Å². The average Bonchev–Trinajstić information content (AvgIpc) is 2.04. The monoisotopic (exact) mass is 148 g/mol. The van der Waals surface area contributed by atoms with E-state index >= 15 is 0 Å². The molecule has 0 aromatic carbocycles. The van der Waals surface area contributed by atoms with Crippen molar-refractivity contribution in [1.82, 2.24) is 14.9 Å². The maximum absolute atomic E-state index is 4.19. The lowest BCUT2D eigenvalue weighted by atomic mass is 10.1. The molecule has 1 aliphatic rings. The molecule has 0 bridgehead atoms. The van der Waals surface area contributed by atoms with Crippen molar-refractivity contribution in [3.63, 3.8) is 0 Å². The van der Waals surface area contributed by atoms with Gasteiger partial charge in [-0.15, -0.1) is 0 Å². The molecule has 0 unspecified atom stereocenters. The third kappa shape index (κ3) is 1.24. The number of rotatable bonds is 0. The van der Waals surface area contributed by atoms with Gasteiger partial charge in [0.1, 0.15) is 6.33 Å². The lowest BCUT2D eigenvalue weighted by Gasteiger charge is -2.29. The Hall–Kier alpha value is -0.960. The Bertz CT molecular complexity index is 259. The molecular weight excluding hydrogens is 138 g/mol. The summed E-state index contributed by atoms with van der Waals surface area (Å²) in [6, 6.07) is 0. The fraction of sp³-hybridized carbons (Fsp3) is 0.375. The predicted octanol–water partition coefficient (Wildman–Crippen LogP) is 0.626. The van der Waals surface area contributed by atoms with Gasteiger partial charge >= 0.3 is 0 Å². The lowest BCUT2D eigenvalue weighted by molar-refractivity contribution is 0.343. The maximum atomic E-state index is 4.19. The largest absolute Gasteiger partial charge is 0.455 e. The summed E-state index contributed by atoms with van der Waals surface area (Å²) in [6.45, 7) is 1.89. The zero-order valence-electron chi connectivity index (χ0n) is 6.32. The van der Waals surface area contributed by atoms with Crippen LogP contribution in [0, 0.1) is 7.05 Å². The normalized spacial score (nSPS) is 17.9. The van der Waals surface area contributed by atoms with E-state index in [1.165, 1.54) is 11.3 Å². The van der Waals surface area contributed by atoms with Crippen LogP contribution in [0.25, 0.3) is 0 Å². The van der Waals surface area contributed by atoms with Crippen LogP contribution in [0.15, 0.2) is 12.5 Å². The van der Waals surface area contributed by atoms with Crippen LogP contribution in [0.5, 0.6) is 0 Å². The third-order valence-electron chi connectivity index (χ3n) is 1.94. The maximum Gasteiger partial charge on any atom is 0.115 e. The number of aromatic nitrogens is 2.